The van der Waals surface area contributed by atoms with Crippen molar-refractivity contribution in [3.63, 3.8) is 0 Å². The summed E-state index contributed by atoms with van der Waals surface area (Å²) in [5.41, 5.74) is 6.71. The summed E-state index contributed by atoms with van der Waals surface area (Å²) in [7, 11) is 0. The molecule has 18 heavy (non-hydrogen) atoms. The van der Waals surface area contributed by atoms with Gasteiger partial charge in [0.2, 0.25) is 0 Å². The van der Waals surface area contributed by atoms with Crippen molar-refractivity contribution in [3.8, 4) is 0 Å². The average molecular weight is 314 g/mol. The van der Waals surface area contributed by atoms with Crippen LogP contribution in [0.2, 0.25) is 10.0 Å². The molecule has 1 saturated heterocycles. The minimum absolute atomic E-state index is 0. The van der Waals surface area contributed by atoms with Crippen molar-refractivity contribution in [1.29, 1.82) is 0 Å². The normalized spacial score (nSPS) is 17.6. The zero-order valence-electron chi connectivity index (χ0n) is 9.83. The number of nitrogens with zero attached hydrogens (tertiary/aromatic N) is 1. The predicted molar refractivity (Wildman–Crippen MR) is 76.2 cm³/mol. The number of piperidine rings is 1. The van der Waals surface area contributed by atoms with Crippen molar-refractivity contribution >= 4 is 35.6 Å². The molecule has 0 amide bonds. The van der Waals surface area contributed by atoms with Crippen LogP contribution in [0, 0.1) is 5.82 Å². The summed E-state index contributed by atoms with van der Waals surface area (Å²) in [5.74, 6) is -0.471. The molecule has 1 aromatic carbocycles. The summed E-state index contributed by atoms with van der Waals surface area (Å²) in [4.78, 5) is 2.26. The molecule has 1 aliphatic heterocycles. The van der Waals surface area contributed by atoms with Gasteiger partial charge in [-0.25, -0.2) is 4.39 Å². The lowest BCUT2D eigenvalue weighted by atomic mass is 10.1. The zero-order valence-corrected chi connectivity index (χ0v) is 12.2. The van der Waals surface area contributed by atoms with Crippen LogP contribution in [0.15, 0.2) is 12.1 Å². The predicted octanol–water partition coefficient (Wildman–Crippen LogP) is 3.48. The Morgan fingerprint density at radius 3 is 2.44 bits per heavy atom. The van der Waals surface area contributed by atoms with Crippen molar-refractivity contribution in [2.75, 3.05) is 13.1 Å². The second kappa shape index (κ2) is 6.92. The highest BCUT2D eigenvalue weighted by atomic mass is 35.5. The van der Waals surface area contributed by atoms with Gasteiger partial charge in [0.1, 0.15) is 5.82 Å². The van der Waals surface area contributed by atoms with Crippen LogP contribution in [0.4, 0.5) is 4.39 Å². The Labute approximate surface area is 123 Å². The van der Waals surface area contributed by atoms with Gasteiger partial charge in [-0.15, -0.1) is 12.4 Å². The molecule has 2 N–H and O–H groups in total. The largest absolute Gasteiger partial charge is 0.328 e. The molecule has 1 fully saturated rings. The maximum atomic E-state index is 13.1. The molecule has 2 nitrogen and oxygen atoms in total. The maximum absolute atomic E-state index is 13.1. The first-order chi connectivity index (χ1) is 8.08. The van der Waals surface area contributed by atoms with E-state index in [1.54, 1.807) is 6.07 Å². The number of hydrogen-bond acceptors (Lipinski definition) is 2. The third-order valence-electron chi connectivity index (χ3n) is 3.14. The topological polar surface area (TPSA) is 29.3 Å². The molecule has 102 valence electrons. The molecule has 0 bridgehead atoms. The second-order valence-corrected chi connectivity index (χ2v) is 5.20. The summed E-state index contributed by atoms with van der Waals surface area (Å²) >= 11 is 11.8. The molecule has 0 atom stereocenters. The van der Waals surface area contributed by atoms with E-state index in [2.05, 4.69) is 4.90 Å². The molecule has 1 heterocycles. The summed E-state index contributed by atoms with van der Waals surface area (Å²) in [5, 5.41) is 0.333. The van der Waals surface area contributed by atoms with Crippen molar-refractivity contribution < 1.29 is 4.39 Å². The van der Waals surface area contributed by atoms with Gasteiger partial charge in [0.05, 0.1) is 10.0 Å². The van der Waals surface area contributed by atoms with E-state index in [-0.39, 0.29) is 17.4 Å². The van der Waals surface area contributed by atoms with Crippen LogP contribution >= 0.6 is 35.6 Å². The zero-order chi connectivity index (χ0) is 12.4. The minimum Gasteiger partial charge on any atom is -0.328 e. The van der Waals surface area contributed by atoms with E-state index < -0.39 is 5.82 Å². The molecule has 6 heteroatoms. The third-order valence-corrected chi connectivity index (χ3v) is 4.04. The standard InChI is InChI=1S/C12H15Cl2FN2.ClH/c13-11-8(1-2-10(15)12(11)14)7-17-5-3-9(16)4-6-17;/h1-2,9H,3-7,16H2;1H. The maximum Gasteiger partial charge on any atom is 0.143 e. The Kier molecular flexibility index (Phi) is 6.15. The molecule has 2 rings (SSSR count). The van der Waals surface area contributed by atoms with E-state index >= 15 is 0 Å². The Hall–Kier alpha value is -0.0600. The van der Waals surface area contributed by atoms with Gasteiger partial charge < -0.3 is 5.73 Å². The lowest BCUT2D eigenvalue weighted by Gasteiger charge is -2.30. The van der Waals surface area contributed by atoms with Gasteiger partial charge in [0.25, 0.3) is 0 Å². The van der Waals surface area contributed by atoms with E-state index in [0.29, 0.717) is 17.6 Å². The van der Waals surface area contributed by atoms with Crippen LogP contribution < -0.4 is 5.73 Å². The highest BCUT2D eigenvalue weighted by molar-refractivity contribution is 6.42. The van der Waals surface area contributed by atoms with Gasteiger partial charge in [-0.3, -0.25) is 4.90 Å². The smallest absolute Gasteiger partial charge is 0.143 e. The van der Waals surface area contributed by atoms with Crippen LogP contribution in [-0.2, 0) is 6.54 Å². The second-order valence-electron chi connectivity index (χ2n) is 4.45. The fourth-order valence-electron chi connectivity index (χ4n) is 2.04. The fraction of sp³-hybridized carbons (Fsp3) is 0.500. The van der Waals surface area contributed by atoms with Crippen molar-refractivity contribution in [2.24, 2.45) is 5.73 Å². The van der Waals surface area contributed by atoms with Crippen LogP contribution in [0.3, 0.4) is 0 Å². The van der Waals surface area contributed by atoms with Crippen LogP contribution in [0.25, 0.3) is 0 Å². The van der Waals surface area contributed by atoms with Gasteiger partial charge in [-0.1, -0.05) is 29.3 Å². The van der Waals surface area contributed by atoms with E-state index in [9.17, 15) is 4.39 Å². The summed E-state index contributed by atoms with van der Waals surface area (Å²) < 4.78 is 13.1. The van der Waals surface area contributed by atoms with Gasteiger partial charge in [-0.05, 0) is 37.6 Å². The number of nitrogens with two attached hydrogens (primary N) is 1. The lowest BCUT2D eigenvalue weighted by molar-refractivity contribution is 0.205. The molecule has 0 unspecified atom stereocenters. The third kappa shape index (κ3) is 3.72. The Balaban J connectivity index is 0.00000162. The van der Waals surface area contributed by atoms with E-state index in [4.69, 9.17) is 28.9 Å². The molecule has 0 aliphatic carbocycles. The molecule has 1 aliphatic rings. The number of benzene rings is 1. The summed E-state index contributed by atoms with van der Waals surface area (Å²) in [6.07, 6.45) is 1.99. The fourth-order valence-corrected chi connectivity index (χ4v) is 2.44. The van der Waals surface area contributed by atoms with Crippen molar-refractivity contribution in [3.05, 3.63) is 33.6 Å². The first-order valence-corrected chi connectivity index (χ1v) is 6.44. The molecule has 0 radical (unpaired) electrons. The van der Waals surface area contributed by atoms with Gasteiger partial charge >= 0.3 is 0 Å². The monoisotopic (exact) mass is 312 g/mol. The van der Waals surface area contributed by atoms with Crippen molar-refractivity contribution in [1.82, 2.24) is 4.90 Å². The number of rotatable bonds is 2. The van der Waals surface area contributed by atoms with Crippen molar-refractivity contribution in [2.45, 2.75) is 25.4 Å². The van der Waals surface area contributed by atoms with Gasteiger partial charge in [-0.2, -0.15) is 0 Å². The number of halogens is 4. The first-order valence-electron chi connectivity index (χ1n) is 5.68. The lowest BCUT2D eigenvalue weighted by Crippen LogP contribution is -2.39. The Bertz CT molecular complexity index is 407. The Morgan fingerprint density at radius 2 is 1.83 bits per heavy atom. The van der Waals surface area contributed by atoms with Crippen LogP contribution in [0.5, 0.6) is 0 Å². The molecule has 0 aromatic heterocycles. The highest BCUT2D eigenvalue weighted by Crippen LogP contribution is 2.29. The molecular weight excluding hydrogens is 298 g/mol. The average Bonchev–Trinajstić information content (AvgIpc) is 2.33. The molecular formula is C12H16Cl3FN2. The Morgan fingerprint density at radius 1 is 1.22 bits per heavy atom. The van der Waals surface area contributed by atoms with E-state index in [1.165, 1.54) is 6.07 Å². The quantitative estimate of drug-likeness (QED) is 0.847. The van der Waals surface area contributed by atoms with E-state index in [1.807, 2.05) is 0 Å². The SMILES string of the molecule is Cl.NC1CCN(Cc2ccc(F)c(Cl)c2Cl)CC1. The van der Waals surface area contributed by atoms with Gasteiger partial charge in [0.15, 0.2) is 0 Å². The van der Waals surface area contributed by atoms with Crippen LogP contribution in [-0.4, -0.2) is 24.0 Å². The van der Waals surface area contributed by atoms with E-state index in [0.717, 1.165) is 31.5 Å². The molecule has 1 aromatic rings. The summed E-state index contributed by atoms with van der Waals surface area (Å²) in [6.45, 7) is 2.60. The highest BCUT2D eigenvalue weighted by Gasteiger charge is 2.18. The molecule has 0 spiro atoms. The minimum atomic E-state index is -0.471. The first kappa shape index (κ1) is 16.0. The van der Waals surface area contributed by atoms with Crippen LogP contribution in [0.1, 0.15) is 18.4 Å². The summed E-state index contributed by atoms with van der Waals surface area (Å²) in [6, 6.07) is 3.36. The number of hydrogen-bond donors (Lipinski definition) is 1. The molecule has 0 saturated carbocycles. The number of likely N-dealkylation sites (tertiary alicyclic amines) is 1. The van der Waals surface area contributed by atoms with Gasteiger partial charge in [0, 0.05) is 12.6 Å².